The predicted octanol–water partition coefficient (Wildman–Crippen LogP) is 5.96. The van der Waals surface area contributed by atoms with Gasteiger partial charge in [0.1, 0.15) is 0 Å². The quantitative estimate of drug-likeness (QED) is 0.516. The zero-order valence-corrected chi connectivity index (χ0v) is 15.1. The van der Waals surface area contributed by atoms with Gasteiger partial charge in [-0.15, -0.1) is 0 Å². The Morgan fingerprint density at radius 1 is 1.05 bits per heavy atom. The van der Waals surface area contributed by atoms with Crippen molar-refractivity contribution in [1.82, 2.24) is 5.32 Å². The molecule has 120 valence electrons. The summed E-state index contributed by atoms with van der Waals surface area (Å²) in [6, 6.07) is 0. The van der Waals surface area contributed by atoms with Crippen molar-refractivity contribution in [2.45, 2.75) is 72.8 Å². The van der Waals surface area contributed by atoms with Crippen LogP contribution in [0.1, 0.15) is 67.2 Å². The van der Waals surface area contributed by atoms with Crippen LogP contribution in [-0.2, 0) is 0 Å². The summed E-state index contributed by atoms with van der Waals surface area (Å²) in [6.45, 7) is 22.3. The molecule has 0 aromatic rings. The molecule has 1 heteroatoms. The van der Waals surface area contributed by atoms with Crippen LogP contribution >= 0.6 is 0 Å². The molecule has 0 aromatic heterocycles. The number of rotatable bonds is 9. The van der Waals surface area contributed by atoms with Gasteiger partial charge in [-0.1, -0.05) is 49.8 Å². The first-order valence-electron chi connectivity index (χ1n) is 8.14. The fraction of sp³-hybridized carbons (Fsp3) is 0.600. The molecule has 0 heterocycles. The summed E-state index contributed by atoms with van der Waals surface area (Å²) < 4.78 is 0. The Hall–Kier alpha value is -1.08. The highest BCUT2D eigenvalue weighted by Crippen LogP contribution is 2.22. The van der Waals surface area contributed by atoms with Crippen molar-refractivity contribution in [3.05, 3.63) is 47.6 Å². The maximum Gasteiger partial charge on any atom is 0.00966 e. The summed E-state index contributed by atoms with van der Waals surface area (Å²) in [4.78, 5) is 0. The second-order valence-electron chi connectivity index (χ2n) is 6.96. The average Bonchev–Trinajstić information content (AvgIpc) is 2.37. The molecule has 1 N–H and O–H groups in total. The summed E-state index contributed by atoms with van der Waals surface area (Å²) in [6.07, 6.45) is 8.86. The summed E-state index contributed by atoms with van der Waals surface area (Å²) in [5, 5.41) is 3.56. The summed E-state index contributed by atoms with van der Waals surface area (Å²) in [5.41, 5.74) is 5.24. The zero-order valence-electron chi connectivity index (χ0n) is 15.1. The molecule has 0 aliphatic rings. The lowest BCUT2D eigenvalue weighted by molar-refractivity contribution is 0.429. The van der Waals surface area contributed by atoms with Crippen molar-refractivity contribution < 1.29 is 0 Å². The minimum Gasteiger partial charge on any atom is -0.312 e. The molecule has 0 aliphatic heterocycles. The van der Waals surface area contributed by atoms with E-state index >= 15 is 0 Å². The molecule has 0 rings (SSSR count). The standard InChI is InChI=1S/C20H35N/c1-9-10-11-17(4)18(5)19(13-12-16(2)3)14-15-21-20(6,7)8/h12-13,21H,2,4,9-11,14-15H2,1,3,5-8H3/b13-12-,19-18-. The molecule has 0 atom stereocenters. The maximum absolute atomic E-state index is 4.26. The lowest BCUT2D eigenvalue weighted by Crippen LogP contribution is -2.36. The minimum atomic E-state index is 0.163. The molecule has 0 spiro atoms. The Balaban J connectivity index is 4.93. The van der Waals surface area contributed by atoms with E-state index in [0.29, 0.717) is 0 Å². The maximum atomic E-state index is 4.26. The number of hydrogen-bond acceptors (Lipinski definition) is 1. The Morgan fingerprint density at radius 2 is 1.67 bits per heavy atom. The molecule has 0 saturated carbocycles. The van der Waals surface area contributed by atoms with Crippen molar-refractivity contribution in [3.63, 3.8) is 0 Å². The normalized spacial score (nSPS) is 13.4. The van der Waals surface area contributed by atoms with Gasteiger partial charge in [0, 0.05) is 5.54 Å². The summed E-state index contributed by atoms with van der Waals surface area (Å²) in [5.74, 6) is 0. The first-order valence-corrected chi connectivity index (χ1v) is 8.14. The van der Waals surface area contributed by atoms with Crippen molar-refractivity contribution >= 4 is 0 Å². The summed E-state index contributed by atoms with van der Waals surface area (Å²) in [7, 11) is 0. The van der Waals surface area contributed by atoms with E-state index in [9.17, 15) is 0 Å². The molecule has 0 unspecified atom stereocenters. The van der Waals surface area contributed by atoms with Gasteiger partial charge in [-0.3, -0.25) is 0 Å². The van der Waals surface area contributed by atoms with Crippen LogP contribution in [-0.4, -0.2) is 12.1 Å². The van der Waals surface area contributed by atoms with Crippen molar-refractivity contribution in [2.75, 3.05) is 6.54 Å². The van der Waals surface area contributed by atoms with E-state index < -0.39 is 0 Å². The molecule has 0 radical (unpaired) electrons. The molecule has 0 aromatic carbocycles. The highest BCUT2D eigenvalue weighted by molar-refractivity contribution is 5.39. The van der Waals surface area contributed by atoms with E-state index in [1.165, 1.54) is 29.6 Å². The second-order valence-corrected chi connectivity index (χ2v) is 6.96. The molecule has 1 nitrogen and oxygen atoms in total. The fourth-order valence-electron chi connectivity index (χ4n) is 2.02. The van der Waals surface area contributed by atoms with E-state index in [4.69, 9.17) is 0 Å². The predicted molar refractivity (Wildman–Crippen MR) is 97.7 cm³/mol. The number of unbranched alkanes of at least 4 members (excludes halogenated alkanes) is 1. The van der Waals surface area contributed by atoms with Crippen LogP contribution in [0.25, 0.3) is 0 Å². The minimum absolute atomic E-state index is 0.163. The van der Waals surface area contributed by atoms with Crippen LogP contribution in [0.4, 0.5) is 0 Å². The van der Waals surface area contributed by atoms with Gasteiger partial charge in [0.15, 0.2) is 0 Å². The number of hydrogen-bond donors (Lipinski definition) is 1. The second kappa shape index (κ2) is 9.78. The number of allylic oxidation sites excluding steroid dienone is 5. The fourth-order valence-corrected chi connectivity index (χ4v) is 2.02. The van der Waals surface area contributed by atoms with E-state index in [2.05, 4.69) is 65.2 Å². The van der Waals surface area contributed by atoms with Crippen LogP contribution in [0.2, 0.25) is 0 Å². The third-order valence-electron chi connectivity index (χ3n) is 3.46. The topological polar surface area (TPSA) is 12.0 Å². The van der Waals surface area contributed by atoms with Crippen LogP contribution in [0, 0.1) is 0 Å². The highest BCUT2D eigenvalue weighted by Gasteiger charge is 2.09. The van der Waals surface area contributed by atoms with Crippen LogP contribution < -0.4 is 5.32 Å². The van der Waals surface area contributed by atoms with Gasteiger partial charge in [0.05, 0.1) is 0 Å². The van der Waals surface area contributed by atoms with Gasteiger partial charge < -0.3 is 5.32 Å². The van der Waals surface area contributed by atoms with Gasteiger partial charge in [-0.25, -0.2) is 0 Å². The zero-order chi connectivity index (χ0) is 16.5. The lowest BCUT2D eigenvalue weighted by atomic mass is 9.95. The van der Waals surface area contributed by atoms with Gasteiger partial charge in [-0.05, 0) is 71.6 Å². The van der Waals surface area contributed by atoms with Crippen LogP contribution in [0.15, 0.2) is 47.6 Å². The number of nitrogens with one attached hydrogen (secondary N) is 1. The monoisotopic (exact) mass is 289 g/mol. The molecular formula is C20H35N. The molecule has 0 aliphatic carbocycles. The SMILES string of the molecule is C=C(C)/C=C\C(CCNC(C)(C)C)=C(/C)C(=C)CCCC. The third-order valence-corrected chi connectivity index (χ3v) is 3.46. The average molecular weight is 290 g/mol. The highest BCUT2D eigenvalue weighted by atomic mass is 14.9. The molecular weight excluding hydrogens is 254 g/mol. The molecule has 0 amide bonds. The third kappa shape index (κ3) is 10.3. The molecule has 0 saturated heterocycles. The van der Waals surface area contributed by atoms with Crippen LogP contribution in [0.3, 0.4) is 0 Å². The lowest BCUT2D eigenvalue weighted by Gasteiger charge is -2.21. The summed E-state index contributed by atoms with van der Waals surface area (Å²) >= 11 is 0. The Labute approximate surface area is 132 Å². The van der Waals surface area contributed by atoms with E-state index in [1.54, 1.807) is 0 Å². The van der Waals surface area contributed by atoms with Crippen molar-refractivity contribution in [2.24, 2.45) is 0 Å². The molecule has 0 fully saturated rings. The smallest absolute Gasteiger partial charge is 0.00966 e. The van der Waals surface area contributed by atoms with Gasteiger partial charge in [0.25, 0.3) is 0 Å². The van der Waals surface area contributed by atoms with Gasteiger partial charge >= 0.3 is 0 Å². The largest absolute Gasteiger partial charge is 0.312 e. The Morgan fingerprint density at radius 3 is 2.14 bits per heavy atom. The first-order chi connectivity index (χ1) is 9.67. The molecule has 21 heavy (non-hydrogen) atoms. The Bertz CT molecular complexity index is 402. The van der Waals surface area contributed by atoms with E-state index in [1.807, 2.05) is 6.92 Å². The van der Waals surface area contributed by atoms with Crippen molar-refractivity contribution in [1.29, 1.82) is 0 Å². The first kappa shape index (κ1) is 19.9. The van der Waals surface area contributed by atoms with Crippen molar-refractivity contribution in [3.8, 4) is 0 Å². The van der Waals surface area contributed by atoms with E-state index in [-0.39, 0.29) is 5.54 Å². The molecule has 0 bridgehead atoms. The van der Waals surface area contributed by atoms with E-state index in [0.717, 1.165) is 25.0 Å². The Kier molecular flexibility index (Phi) is 9.28. The van der Waals surface area contributed by atoms with Crippen LogP contribution in [0.5, 0.6) is 0 Å². The van der Waals surface area contributed by atoms with Gasteiger partial charge in [-0.2, -0.15) is 0 Å². The van der Waals surface area contributed by atoms with Gasteiger partial charge in [0.2, 0.25) is 0 Å².